The number of fused-ring (bicyclic) bond motifs is 1. The highest BCUT2D eigenvalue weighted by Gasteiger charge is 2.19. The SMILES string of the molecule is C/C(=N\NC(N)=S)[C@H](Cc1c[nH]c2ccccc12)NC(=O)c1ccccc1. The second-order valence-electron chi connectivity index (χ2n) is 6.18. The van der Waals surface area contributed by atoms with Crippen LogP contribution in [0.5, 0.6) is 0 Å². The topological polar surface area (TPSA) is 95.3 Å². The lowest BCUT2D eigenvalue weighted by molar-refractivity contribution is 0.0946. The van der Waals surface area contributed by atoms with Crippen LogP contribution in [0.4, 0.5) is 0 Å². The lowest BCUT2D eigenvalue weighted by Gasteiger charge is -2.19. The number of aromatic amines is 1. The van der Waals surface area contributed by atoms with Crippen molar-refractivity contribution >= 4 is 39.9 Å². The van der Waals surface area contributed by atoms with Gasteiger partial charge in [-0.05, 0) is 42.9 Å². The highest BCUT2D eigenvalue weighted by Crippen LogP contribution is 2.19. The van der Waals surface area contributed by atoms with Crippen molar-refractivity contribution in [3.63, 3.8) is 0 Å². The first-order valence-electron chi connectivity index (χ1n) is 8.55. The minimum Gasteiger partial charge on any atom is -0.375 e. The number of hydrogen-bond donors (Lipinski definition) is 4. The second kappa shape index (κ2) is 8.46. The molecular formula is C20H21N5OS. The third-order valence-corrected chi connectivity index (χ3v) is 4.38. The second-order valence-corrected chi connectivity index (χ2v) is 6.62. The Morgan fingerprint density at radius 2 is 1.89 bits per heavy atom. The molecule has 0 bridgehead atoms. The van der Waals surface area contributed by atoms with Crippen LogP contribution in [0, 0.1) is 0 Å². The Labute approximate surface area is 162 Å². The van der Waals surface area contributed by atoms with Gasteiger partial charge in [0, 0.05) is 29.1 Å². The van der Waals surface area contributed by atoms with Crippen molar-refractivity contribution in [1.82, 2.24) is 15.7 Å². The zero-order valence-electron chi connectivity index (χ0n) is 14.9. The van der Waals surface area contributed by atoms with E-state index in [1.807, 2.05) is 49.5 Å². The molecule has 0 saturated heterocycles. The van der Waals surface area contributed by atoms with Gasteiger partial charge in [-0.3, -0.25) is 10.2 Å². The predicted molar refractivity (Wildman–Crippen MR) is 113 cm³/mol. The smallest absolute Gasteiger partial charge is 0.251 e. The summed E-state index contributed by atoms with van der Waals surface area (Å²) in [5, 5.41) is 8.45. The van der Waals surface area contributed by atoms with E-state index in [1.54, 1.807) is 12.1 Å². The van der Waals surface area contributed by atoms with Gasteiger partial charge in [-0.25, -0.2) is 0 Å². The number of aromatic nitrogens is 1. The van der Waals surface area contributed by atoms with Gasteiger partial charge in [-0.15, -0.1) is 0 Å². The van der Waals surface area contributed by atoms with Crippen LogP contribution in [0.2, 0.25) is 0 Å². The van der Waals surface area contributed by atoms with Crippen molar-refractivity contribution in [3.05, 3.63) is 71.9 Å². The van der Waals surface area contributed by atoms with Gasteiger partial charge in [0.15, 0.2) is 5.11 Å². The summed E-state index contributed by atoms with van der Waals surface area (Å²) < 4.78 is 0. The number of para-hydroxylation sites is 1. The highest BCUT2D eigenvalue weighted by molar-refractivity contribution is 7.80. The highest BCUT2D eigenvalue weighted by atomic mass is 32.1. The Hall–Kier alpha value is -3.19. The Kier molecular flexibility index (Phi) is 5.83. The molecule has 27 heavy (non-hydrogen) atoms. The molecule has 0 saturated carbocycles. The molecule has 2 aromatic carbocycles. The molecule has 0 unspecified atom stereocenters. The number of H-pyrrole nitrogens is 1. The van der Waals surface area contributed by atoms with Crippen LogP contribution in [0.25, 0.3) is 10.9 Å². The average Bonchev–Trinajstić information content (AvgIpc) is 3.09. The fraction of sp³-hybridized carbons (Fsp3) is 0.150. The van der Waals surface area contributed by atoms with Crippen molar-refractivity contribution in [3.8, 4) is 0 Å². The van der Waals surface area contributed by atoms with Crippen LogP contribution in [-0.2, 0) is 6.42 Å². The maximum Gasteiger partial charge on any atom is 0.251 e. The van der Waals surface area contributed by atoms with Gasteiger partial charge in [0.25, 0.3) is 5.91 Å². The molecule has 3 aromatic rings. The molecule has 0 fully saturated rings. The molecule has 7 heteroatoms. The molecule has 6 nitrogen and oxygen atoms in total. The van der Waals surface area contributed by atoms with Crippen molar-refractivity contribution < 1.29 is 4.79 Å². The summed E-state index contributed by atoms with van der Waals surface area (Å²) in [6.45, 7) is 1.83. The summed E-state index contributed by atoms with van der Waals surface area (Å²) >= 11 is 4.81. The van der Waals surface area contributed by atoms with E-state index in [2.05, 4.69) is 26.9 Å². The largest absolute Gasteiger partial charge is 0.375 e. The number of amides is 1. The third kappa shape index (κ3) is 4.71. The number of hydrazone groups is 1. The quantitative estimate of drug-likeness (QED) is 0.301. The fourth-order valence-corrected chi connectivity index (χ4v) is 2.92. The summed E-state index contributed by atoms with van der Waals surface area (Å²) in [7, 11) is 0. The van der Waals surface area contributed by atoms with Crippen LogP contribution in [-0.4, -0.2) is 27.8 Å². The number of hydrogen-bond acceptors (Lipinski definition) is 3. The first-order valence-corrected chi connectivity index (χ1v) is 8.96. The van der Waals surface area contributed by atoms with Gasteiger partial charge in [-0.1, -0.05) is 36.4 Å². The molecule has 1 amide bonds. The zero-order chi connectivity index (χ0) is 19.2. The number of nitrogens with two attached hydrogens (primary N) is 1. The van der Waals surface area contributed by atoms with Crippen LogP contribution in [0.1, 0.15) is 22.8 Å². The summed E-state index contributed by atoms with van der Waals surface area (Å²) in [4.78, 5) is 15.9. The van der Waals surface area contributed by atoms with E-state index >= 15 is 0 Å². The van der Waals surface area contributed by atoms with E-state index in [-0.39, 0.29) is 17.1 Å². The predicted octanol–water partition coefficient (Wildman–Crippen LogP) is 2.72. The monoisotopic (exact) mass is 379 g/mol. The van der Waals surface area contributed by atoms with Crippen molar-refractivity contribution in [2.75, 3.05) is 0 Å². The van der Waals surface area contributed by atoms with Gasteiger partial charge >= 0.3 is 0 Å². The number of carbonyl (C=O) groups excluding carboxylic acids is 1. The van der Waals surface area contributed by atoms with E-state index in [0.29, 0.717) is 17.7 Å². The van der Waals surface area contributed by atoms with Gasteiger partial charge in [-0.2, -0.15) is 5.10 Å². The van der Waals surface area contributed by atoms with Crippen molar-refractivity contribution in [2.45, 2.75) is 19.4 Å². The molecule has 0 aliphatic rings. The number of carbonyl (C=O) groups is 1. The molecule has 0 spiro atoms. The molecule has 1 aromatic heterocycles. The van der Waals surface area contributed by atoms with E-state index in [4.69, 9.17) is 18.0 Å². The Bertz CT molecular complexity index is 980. The first kappa shape index (κ1) is 18.6. The molecule has 5 N–H and O–H groups in total. The molecule has 1 atom stereocenters. The maximum atomic E-state index is 12.6. The fourth-order valence-electron chi connectivity index (χ4n) is 2.88. The summed E-state index contributed by atoms with van der Waals surface area (Å²) in [5.74, 6) is -0.162. The molecule has 3 rings (SSSR count). The lowest BCUT2D eigenvalue weighted by Crippen LogP contribution is -2.42. The molecule has 0 aliphatic heterocycles. The van der Waals surface area contributed by atoms with Gasteiger partial charge in [0.1, 0.15) is 0 Å². The number of benzene rings is 2. The van der Waals surface area contributed by atoms with Crippen LogP contribution in [0.3, 0.4) is 0 Å². The summed E-state index contributed by atoms with van der Waals surface area (Å²) in [5.41, 5.74) is 11.5. The number of thiocarbonyl (C=S) groups is 1. The minimum absolute atomic E-state index is 0.0783. The van der Waals surface area contributed by atoms with E-state index in [9.17, 15) is 4.79 Å². The summed E-state index contributed by atoms with van der Waals surface area (Å²) in [6, 6.07) is 16.8. The van der Waals surface area contributed by atoms with E-state index in [1.165, 1.54) is 0 Å². The van der Waals surface area contributed by atoms with Crippen molar-refractivity contribution in [1.29, 1.82) is 0 Å². The Balaban J connectivity index is 1.86. The van der Waals surface area contributed by atoms with Crippen LogP contribution >= 0.6 is 12.2 Å². The van der Waals surface area contributed by atoms with Gasteiger partial charge in [0.05, 0.1) is 11.8 Å². The lowest BCUT2D eigenvalue weighted by atomic mass is 10.0. The third-order valence-electron chi connectivity index (χ3n) is 4.29. The molecule has 138 valence electrons. The normalized spacial score (nSPS) is 12.6. The number of rotatable bonds is 6. The zero-order valence-corrected chi connectivity index (χ0v) is 15.7. The molecule has 0 radical (unpaired) electrons. The first-order chi connectivity index (χ1) is 13.0. The number of nitrogens with zero attached hydrogens (tertiary/aromatic N) is 1. The Morgan fingerprint density at radius 3 is 2.63 bits per heavy atom. The van der Waals surface area contributed by atoms with Crippen LogP contribution in [0.15, 0.2) is 65.9 Å². The van der Waals surface area contributed by atoms with Crippen LogP contribution < -0.4 is 16.5 Å². The summed E-state index contributed by atoms with van der Waals surface area (Å²) in [6.07, 6.45) is 2.54. The molecular weight excluding hydrogens is 358 g/mol. The molecule has 0 aliphatic carbocycles. The van der Waals surface area contributed by atoms with E-state index in [0.717, 1.165) is 16.5 Å². The number of nitrogens with one attached hydrogen (secondary N) is 3. The van der Waals surface area contributed by atoms with Gasteiger partial charge < -0.3 is 16.0 Å². The van der Waals surface area contributed by atoms with Crippen molar-refractivity contribution in [2.24, 2.45) is 10.8 Å². The standard InChI is InChI=1S/C20H21N5OS/c1-13(24-25-20(21)27)18(23-19(26)14-7-3-2-4-8-14)11-15-12-22-17-10-6-5-9-16(15)17/h2-10,12,18,22H,11H2,1H3,(H,23,26)(H3,21,25,27)/b24-13+/t18-/m0/s1. The minimum atomic E-state index is -0.321. The molecule has 1 heterocycles. The maximum absolute atomic E-state index is 12.6. The average molecular weight is 379 g/mol. The Morgan fingerprint density at radius 1 is 1.19 bits per heavy atom. The van der Waals surface area contributed by atoms with Gasteiger partial charge in [0.2, 0.25) is 0 Å². The van der Waals surface area contributed by atoms with E-state index < -0.39 is 0 Å².